The summed E-state index contributed by atoms with van der Waals surface area (Å²) in [6.45, 7) is 0. The molecule has 0 bridgehead atoms. The van der Waals surface area contributed by atoms with Gasteiger partial charge in [-0.3, -0.25) is 4.99 Å². The molecule has 1 N–H and O–H groups in total. The smallest absolute Gasteiger partial charge is 0.161 e. The van der Waals surface area contributed by atoms with Crippen molar-refractivity contribution in [1.29, 1.82) is 0 Å². The van der Waals surface area contributed by atoms with Crippen LogP contribution in [0.2, 0.25) is 0 Å². The number of aromatic hydroxyl groups is 1. The van der Waals surface area contributed by atoms with Gasteiger partial charge in [0.15, 0.2) is 11.5 Å². The fraction of sp³-hybridized carbons (Fsp3) is 0.133. The normalized spacial score (nSPS) is 10.6. The van der Waals surface area contributed by atoms with E-state index in [9.17, 15) is 5.11 Å². The molecule has 2 aromatic carbocycles. The summed E-state index contributed by atoms with van der Waals surface area (Å²) in [5, 5.41) is 9.49. The maximum Gasteiger partial charge on any atom is 0.161 e. The number of hydrogen-bond acceptors (Lipinski definition) is 4. The van der Waals surface area contributed by atoms with E-state index >= 15 is 0 Å². The Kier molecular flexibility index (Phi) is 4.03. The Labute approximate surface area is 111 Å². The van der Waals surface area contributed by atoms with E-state index in [2.05, 4.69) is 4.99 Å². The van der Waals surface area contributed by atoms with E-state index in [0.29, 0.717) is 5.75 Å². The van der Waals surface area contributed by atoms with Gasteiger partial charge < -0.3 is 14.6 Å². The lowest BCUT2D eigenvalue weighted by Gasteiger charge is -2.03. The highest BCUT2D eigenvalue weighted by Crippen LogP contribution is 2.26. The molecule has 0 aliphatic carbocycles. The number of nitrogens with zero attached hydrogens (tertiary/aromatic N) is 1. The Morgan fingerprint density at radius 1 is 1.00 bits per heavy atom. The Balaban J connectivity index is 2.17. The van der Waals surface area contributed by atoms with Crippen LogP contribution in [0, 0.1) is 0 Å². The Morgan fingerprint density at radius 3 is 2.37 bits per heavy atom. The molecule has 0 saturated heterocycles. The van der Waals surface area contributed by atoms with Crippen LogP contribution in [-0.2, 0) is 0 Å². The van der Waals surface area contributed by atoms with Gasteiger partial charge in [0.1, 0.15) is 5.75 Å². The van der Waals surface area contributed by atoms with Gasteiger partial charge in [-0.1, -0.05) is 0 Å². The first-order chi connectivity index (χ1) is 9.22. The molecule has 0 heterocycles. The lowest BCUT2D eigenvalue weighted by Crippen LogP contribution is -1.87. The second kappa shape index (κ2) is 5.91. The van der Waals surface area contributed by atoms with Gasteiger partial charge in [-0.15, -0.1) is 0 Å². The third-order valence-electron chi connectivity index (χ3n) is 2.64. The second-order valence-corrected chi connectivity index (χ2v) is 3.89. The number of hydrogen-bond donors (Lipinski definition) is 1. The van der Waals surface area contributed by atoms with Crippen LogP contribution in [0.25, 0.3) is 0 Å². The zero-order valence-corrected chi connectivity index (χ0v) is 10.8. The van der Waals surface area contributed by atoms with Gasteiger partial charge in [0.25, 0.3) is 0 Å². The predicted molar refractivity (Wildman–Crippen MR) is 74.9 cm³/mol. The average Bonchev–Trinajstić information content (AvgIpc) is 2.47. The first-order valence-electron chi connectivity index (χ1n) is 5.78. The molecular weight excluding hydrogens is 242 g/mol. The molecule has 2 rings (SSSR count). The number of methoxy groups -OCH3 is 2. The van der Waals surface area contributed by atoms with Gasteiger partial charge in [0.05, 0.1) is 19.9 Å². The fourth-order valence-electron chi connectivity index (χ4n) is 1.59. The van der Waals surface area contributed by atoms with Crippen molar-refractivity contribution in [2.24, 2.45) is 4.99 Å². The molecule has 0 amide bonds. The third-order valence-corrected chi connectivity index (χ3v) is 2.64. The minimum absolute atomic E-state index is 0.115. The molecule has 0 aliphatic rings. The number of benzene rings is 2. The fourth-order valence-corrected chi connectivity index (χ4v) is 1.59. The summed E-state index contributed by atoms with van der Waals surface area (Å²) in [6, 6.07) is 12.5. The molecule has 2 aromatic rings. The first kappa shape index (κ1) is 13.0. The van der Waals surface area contributed by atoms with Crippen LogP contribution in [0.5, 0.6) is 17.2 Å². The molecule has 0 saturated carbocycles. The molecule has 98 valence electrons. The topological polar surface area (TPSA) is 51.0 Å². The first-order valence-corrected chi connectivity index (χ1v) is 5.78. The van der Waals surface area contributed by atoms with Gasteiger partial charge in [0.2, 0.25) is 0 Å². The summed E-state index contributed by atoms with van der Waals surface area (Å²) in [7, 11) is 3.14. The maximum atomic E-state index is 9.49. The van der Waals surface area contributed by atoms with E-state index in [0.717, 1.165) is 17.0 Å². The molecule has 19 heavy (non-hydrogen) atoms. The second-order valence-electron chi connectivity index (χ2n) is 3.89. The molecule has 0 aliphatic heterocycles. The van der Waals surface area contributed by atoms with E-state index in [4.69, 9.17) is 9.47 Å². The molecular formula is C15H15NO3. The van der Waals surface area contributed by atoms with Crippen molar-refractivity contribution in [3.63, 3.8) is 0 Å². The Morgan fingerprint density at radius 2 is 1.74 bits per heavy atom. The van der Waals surface area contributed by atoms with Gasteiger partial charge in [-0.25, -0.2) is 0 Å². The molecule has 0 radical (unpaired) electrons. The average molecular weight is 257 g/mol. The minimum atomic E-state index is 0.115. The van der Waals surface area contributed by atoms with E-state index in [1.807, 2.05) is 24.3 Å². The van der Waals surface area contributed by atoms with Crippen molar-refractivity contribution in [3.05, 3.63) is 48.0 Å². The van der Waals surface area contributed by atoms with Crippen LogP contribution in [0.15, 0.2) is 47.5 Å². The highest BCUT2D eigenvalue weighted by atomic mass is 16.5. The largest absolute Gasteiger partial charge is 0.504 e. The van der Waals surface area contributed by atoms with Crippen LogP contribution < -0.4 is 9.47 Å². The molecule has 0 unspecified atom stereocenters. The quantitative estimate of drug-likeness (QED) is 0.856. The van der Waals surface area contributed by atoms with E-state index in [1.165, 1.54) is 7.11 Å². The zero-order valence-electron chi connectivity index (χ0n) is 10.8. The van der Waals surface area contributed by atoms with E-state index in [1.54, 1.807) is 31.5 Å². The Bertz CT molecular complexity index is 576. The van der Waals surface area contributed by atoms with Gasteiger partial charge in [-0.05, 0) is 48.0 Å². The minimum Gasteiger partial charge on any atom is -0.504 e. The zero-order chi connectivity index (χ0) is 13.7. The van der Waals surface area contributed by atoms with Crippen LogP contribution in [0.3, 0.4) is 0 Å². The lowest BCUT2D eigenvalue weighted by molar-refractivity contribution is 0.373. The van der Waals surface area contributed by atoms with E-state index < -0.39 is 0 Å². The number of phenolic OH excluding ortho intramolecular Hbond substituents is 1. The van der Waals surface area contributed by atoms with E-state index in [-0.39, 0.29) is 5.75 Å². The van der Waals surface area contributed by atoms with Crippen molar-refractivity contribution in [2.75, 3.05) is 14.2 Å². The summed E-state index contributed by atoms with van der Waals surface area (Å²) in [5.41, 5.74) is 1.68. The molecule has 0 spiro atoms. The summed E-state index contributed by atoms with van der Waals surface area (Å²) < 4.78 is 10.1. The number of phenols is 1. The molecule has 4 nitrogen and oxygen atoms in total. The van der Waals surface area contributed by atoms with Crippen LogP contribution in [-0.4, -0.2) is 25.5 Å². The van der Waals surface area contributed by atoms with Gasteiger partial charge in [0, 0.05) is 6.21 Å². The Hall–Kier alpha value is -2.49. The van der Waals surface area contributed by atoms with Crippen molar-refractivity contribution in [2.45, 2.75) is 0 Å². The molecule has 0 atom stereocenters. The van der Waals surface area contributed by atoms with Crippen molar-refractivity contribution >= 4 is 11.9 Å². The number of aliphatic imine (C=N–C) groups is 1. The van der Waals surface area contributed by atoms with Crippen molar-refractivity contribution in [1.82, 2.24) is 0 Å². The summed E-state index contributed by atoms with van der Waals surface area (Å²) in [5.74, 6) is 1.34. The van der Waals surface area contributed by atoms with Crippen LogP contribution >= 0.6 is 0 Å². The molecule has 4 heteroatoms. The van der Waals surface area contributed by atoms with Crippen LogP contribution in [0.4, 0.5) is 5.69 Å². The summed E-state index contributed by atoms with van der Waals surface area (Å²) in [6.07, 6.45) is 1.71. The van der Waals surface area contributed by atoms with Crippen molar-refractivity contribution < 1.29 is 14.6 Å². The molecule has 0 aromatic heterocycles. The third kappa shape index (κ3) is 3.25. The monoisotopic (exact) mass is 257 g/mol. The van der Waals surface area contributed by atoms with Crippen LogP contribution in [0.1, 0.15) is 5.56 Å². The standard InChI is InChI=1S/C15H15NO3/c1-18-13-6-4-12(5-7-13)16-10-11-3-8-14(17)15(9-11)19-2/h3-10,17H,1-2H3/b16-10+. The SMILES string of the molecule is COc1ccc(/N=C/c2ccc(O)c(OC)c2)cc1. The highest BCUT2D eigenvalue weighted by Gasteiger charge is 2.00. The maximum absolute atomic E-state index is 9.49. The molecule has 0 fully saturated rings. The predicted octanol–water partition coefficient (Wildman–Crippen LogP) is 3.16. The number of rotatable bonds is 4. The summed E-state index contributed by atoms with van der Waals surface area (Å²) in [4.78, 5) is 4.34. The lowest BCUT2D eigenvalue weighted by atomic mass is 10.2. The summed E-state index contributed by atoms with van der Waals surface area (Å²) >= 11 is 0. The number of ether oxygens (including phenoxy) is 2. The van der Waals surface area contributed by atoms with Gasteiger partial charge >= 0.3 is 0 Å². The van der Waals surface area contributed by atoms with Crippen molar-refractivity contribution in [3.8, 4) is 17.2 Å². The van der Waals surface area contributed by atoms with Gasteiger partial charge in [-0.2, -0.15) is 0 Å². The highest BCUT2D eigenvalue weighted by molar-refractivity contribution is 5.83.